The van der Waals surface area contributed by atoms with Crippen molar-refractivity contribution >= 4 is 17.6 Å². The second-order valence-electron chi connectivity index (χ2n) is 4.75. The van der Waals surface area contributed by atoms with Gasteiger partial charge in [-0.1, -0.05) is 29.8 Å². The summed E-state index contributed by atoms with van der Waals surface area (Å²) >= 11 is 6.16. The molecular formula is C14H13ClN2O2. The number of carboxylic acid groups (broad SMARTS) is 1. The number of aliphatic carboxylic acids is 1. The minimum atomic E-state index is -0.737. The summed E-state index contributed by atoms with van der Waals surface area (Å²) in [7, 11) is 0. The van der Waals surface area contributed by atoms with Gasteiger partial charge in [0.1, 0.15) is 5.82 Å². The summed E-state index contributed by atoms with van der Waals surface area (Å²) in [6.45, 7) is 0.488. The fourth-order valence-electron chi connectivity index (χ4n) is 2.44. The number of aromatic nitrogens is 2. The summed E-state index contributed by atoms with van der Waals surface area (Å²) in [6.07, 6.45) is 3.24. The van der Waals surface area contributed by atoms with E-state index < -0.39 is 5.97 Å². The van der Waals surface area contributed by atoms with E-state index in [1.807, 2.05) is 35.0 Å². The van der Waals surface area contributed by atoms with Gasteiger partial charge < -0.3 is 9.67 Å². The molecule has 0 saturated carbocycles. The van der Waals surface area contributed by atoms with E-state index in [0.717, 1.165) is 17.1 Å². The Hall–Kier alpha value is -1.81. The van der Waals surface area contributed by atoms with Crippen LogP contribution in [0.4, 0.5) is 0 Å². The van der Waals surface area contributed by atoms with Crippen molar-refractivity contribution in [3.8, 4) is 11.3 Å². The van der Waals surface area contributed by atoms with Crippen molar-refractivity contribution in [1.29, 1.82) is 0 Å². The second-order valence-corrected chi connectivity index (χ2v) is 5.16. The Morgan fingerprint density at radius 2 is 2.21 bits per heavy atom. The lowest BCUT2D eigenvalue weighted by Gasteiger charge is -2.19. The van der Waals surface area contributed by atoms with Gasteiger partial charge in [-0.2, -0.15) is 0 Å². The number of halogens is 1. The van der Waals surface area contributed by atoms with Crippen LogP contribution in [0.3, 0.4) is 0 Å². The lowest BCUT2D eigenvalue weighted by molar-refractivity contribution is -0.142. The van der Waals surface area contributed by atoms with Gasteiger partial charge in [0.15, 0.2) is 0 Å². The van der Waals surface area contributed by atoms with E-state index in [4.69, 9.17) is 16.7 Å². The molecule has 0 bridgehead atoms. The number of aryl methyl sites for hydroxylation is 1. The van der Waals surface area contributed by atoms with Gasteiger partial charge in [0.2, 0.25) is 0 Å². The molecule has 0 aliphatic carbocycles. The van der Waals surface area contributed by atoms with Crippen molar-refractivity contribution in [3.05, 3.63) is 41.3 Å². The molecule has 4 nitrogen and oxygen atoms in total. The van der Waals surface area contributed by atoms with E-state index in [2.05, 4.69) is 4.98 Å². The normalized spacial score (nSPS) is 18.1. The van der Waals surface area contributed by atoms with Gasteiger partial charge in [0.25, 0.3) is 0 Å². The van der Waals surface area contributed by atoms with Crippen LogP contribution < -0.4 is 0 Å². The van der Waals surface area contributed by atoms with Crippen molar-refractivity contribution in [2.75, 3.05) is 0 Å². The zero-order valence-corrected chi connectivity index (χ0v) is 11.0. The minimum absolute atomic E-state index is 0.319. The number of imidazole rings is 1. The lowest BCUT2D eigenvalue weighted by Crippen LogP contribution is -2.26. The Kier molecular flexibility index (Phi) is 3.03. The number of carboxylic acids is 1. The molecule has 0 amide bonds. The van der Waals surface area contributed by atoms with E-state index in [1.165, 1.54) is 0 Å². The zero-order valence-electron chi connectivity index (χ0n) is 10.2. The summed E-state index contributed by atoms with van der Waals surface area (Å²) in [5, 5.41) is 9.74. The third kappa shape index (κ3) is 2.24. The Morgan fingerprint density at radius 1 is 1.42 bits per heavy atom. The maximum Gasteiger partial charge on any atom is 0.308 e. The summed E-state index contributed by atoms with van der Waals surface area (Å²) in [5.74, 6) is -0.119. The molecule has 3 rings (SSSR count). The first-order valence-electron chi connectivity index (χ1n) is 6.19. The average molecular weight is 277 g/mol. The van der Waals surface area contributed by atoms with Crippen molar-refractivity contribution in [1.82, 2.24) is 9.55 Å². The molecule has 0 radical (unpaired) electrons. The first-order valence-corrected chi connectivity index (χ1v) is 6.56. The molecule has 1 aromatic carbocycles. The predicted molar refractivity (Wildman–Crippen MR) is 72.1 cm³/mol. The van der Waals surface area contributed by atoms with Crippen LogP contribution >= 0.6 is 11.6 Å². The summed E-state index contributed by atoms with van der Waals surface area (Å²) in [4.78, 5) is 15.6. The van der Waals surface area contributed by atoms with Crippen molar-refractivity contribution in [2.24, 2.45) is 5.92 Å². The molecule has 2 heterocycles. The third-order valence-corrected chi connectivity index (χ3v) is 3.82. The molecule has 19 heavy (non-hydrogen) atoms. The first-order chi connectivity index (χ1) is 9.15. The molecule has 98 valence electrons. The summed E-state index contributed by atoms with van der Waals surface area (Å²) in [5.41, 5.74) is 1.70. The zero-order chi connectivity index (χ0) is 13.4. The molecule has 1 atom stereocenters. The standard InChI is InChI=1S/C14H13ClN2O2/c15-11-4-2-1-3-10(11)12-8-17-7-9(14(18)19)5-6-13(17)16-12/h1-4,8-9H,5-7H2,(H,18,19). The van der Waals surface area contributed by atoms with Crippen molar-refractivity contribution in [2.45, 2.75) is 19.4 Å². The minimum Gasteiger partial charge on any atom is -0.481 e. The van der Waals surface area contributed by atoms with Gasteiger partial charge in [0, 0.05) is 24.7 Å². The number of benzene rings is 1. The molecule has 5 heteroatoms. The molecular weight excluding hydrogens is 264 g/mol. The maximum absolute atomic E-state index is 11.0. The SMILES string of the molecule is O=C(O)C1CCc2nc(-c3ccccc3Cl)cn2C1. The van der Waals surface area contributed by atoms with Crippen molar-refractivity contribution in [3.63, 3.8) is 0 Å². The monoisotopic (exact) mass is 276 g/mol. The van der Waals surface area contributed by atoms with Crippen LogP contribution in [0.5, 0.6) is 0 Å². The van der Waals surface area contributed by atoms with Crippen LogP contribution in [0.2, 0.25) is 5.02 Å². The number of hydrogen-bond donors (Lipinski definition) is 1. The van der Waals surface area contributed by atoms with E-state index >= 15 is 0 Å². The highest BCUT2D eigenvalue weighted by Crippen LogP contribution is 2.29. The number of rotatable bonds is 2. The van der Waals surface area contributed by atoms with Gasteiger partial charge in [-0.25, -0.2) is 4.98 Å². The Balaban J connectivity index is 1.96. The van der Waals surface area contributed by atoms with Crippen molar-refractivity contribution < 1.29 is 9.90 Å². The average Bonchev–Trinajstić information content (AvgIpc) is 2.81. The highest BCUT2D eigenvalue weighted by molar-refractivity contribution is 6.33. The molecule has 1 N–H and O–H groups in total. The van der Waals surface area contributed by atoms with Gasteiger partial charge >= 0.3 is 5.97 Å². The molecule has 1 aliphatic rings. The molecule has 1 aromatic heterocycles. The number of fused-ring (bicyclic) bond motifs is 1. The van der Waals surface area contributed by atoms with E-state index in [1.54, 1.807) is 0 Å². The molecule has 0 saturated heterocycles. The number of hydrogen-bond acceptors (Lipinski definition) is 2. The summed E-state index contributed by atoms with van der Waals surface area (Å²) < 4.78 is 1.93. The van der Waals surface area contributed by atoms with Gasteiger partial charge in [-0.05, 0) is 12.5 Å². The highest BCUT2D eigenvalue weighted by atomic mass is 35.5. The number of carbonyl (C=O) groups is 1. The Morgan fingerprint density at radius 3 is 2.95 bits per heavy atom. The predicted octanol–water partition coefficient (Wildman–Crippen LogP) is 2.85. The fourth-order valence-corrected chi connectivity index (χ4v) is 2.68. The van der Waals surface area contributed by atoms with Crippen LogP contribution in [0, 0.1) is 5.92 Å². The van der Waals surface area contributed by atoms with Gasteiger partial charge in [-0.3, -0.25) is 4.79 Å². The number of nitrogens with zero attached hydrogens (tertiary/aromatic N) is 2. The molecule has 0 spiro atoms. The molecule has 1 aliphatic heterocycles. The van der Waals surface area contributed by atoms with Crippen LogP contribution in [0.15, 0.2) is 30.5 Å². The van der Waals surface area contributed by atoms with Gasteiger partial charge in [0.05, 0.1) is 16.6 Å². The Labute approximate surface area is 115 Å². The van der Waals surface area contributed by atoms with E-state index in [-0.39, 0.29) is 5.92 Å². The van der Waals surface area contributed by atoms with E-state index in [0.29, 0.717) is 24.4 Å². The first kappa shape index (κ1) is 12.2. The lowest BCUT2D eigenvalue weighted by atomic mass is 10.00. The summed E-state index contributed by atoms with van der Waals surface area (Å²) in [6, 6.07) is 7.54. The van der Waals surface area contributed by atoms with Gasteiger partial charge in [-0.15, -0.1) is 0 Å². The fraction of sp³-hybridized carbons (Fsp3) is 0.286. The smallest absolute Gasteiger partial charge is 0.308 e. The molecule has 0 fully saturated rings. The van der Waals surface area contributed by atoms with Crippen LogP contribution in [-0.4, -0.2) is 20.6 Å². The second kappa shape index (κ2) is 4.70. The Bertz CT molecular complexity index is 636. The van der Waals surface area contributed by atoms with Crippen LogP contribution in [0.25, 0.3) is 11.3 Å². The maximum atomic E-state index is 11.0. The van der Waals surface area contributed by atoms with E-state index in [9.17, 15) is 4.79 Å². The highest BCUT2D eigenvalue weighted by Gasteiger charge is 2.25. The quantitative estimate of drug-likeness (QED) is 0.918. The third-order valence-electron chi connectivity index (χ3n) is 3.49. The van der Waals surface area contributed by atoms with Crippen LogP contribution in [-0.2, 0) is 17.8 Å². The molecule has 1 unspecified atom stereocenters. The topological polar surface area (TPSA) is 55.1 Å². The largest absolute Gasteiger partial charge is 0.481 e. The van der Waals surface area contributed by atoms with Crippen LogP contribution in [0.1, 0.15) is 12.2 Å². The molecule has 2 aromatic rings.